The zero-order valence-electron chi connectivity index (χ0n) is 14.7. The Morgan fingerprint density at radius 3 is 2.59 bits per heavy atom. The molecule has 134 valence electrons. The van der Waals surface area contributed by atoms with E-state index in [-0.39, 0.29) is 0 Å². The third kappa shape index (κ3) is 3.93. The fraction of sp³-hybridized carbons (Fsp3) is 0.0455. The normalized spacial score (nSPS) is 11.1. The topological polar surface area (TPSA) is 75.4 Å². The molecule has 1 aromatic heterocycles. The Labute approximate surface area is 157 Å². The quantitative estimate of drug-likeness (QED) is 0.264. The maximum absolute atomic E-state index is 6.07. The molecule has 1 heterocycles. The third-order valence-electron chi connectivity index (χ3n) is 4.24. The van der Waals surface area contributed by atoms with Crippen molar-refractivity contribution < 1.29 is 4.74 Å². The Kier molecular flexibility index (Phi) is 4.74. The minimum absolute atomic E-state index is 0.519. The van der Waals surface area contributed by atoms with E-state index in [2.05, 4.69) is 27.6 Å². The number of nitrogens with one attached hydrogen (secondary N) is 2. The molecular formula is C22H20N4O. The van der Waals surface area contributed by atoms with Gasteiger partial charge in [-0.2, -0.15) is 5.10 Å². The molecule has 5 heteroatoms. The van der Waals surface area contributed by atoms with Crippen molar-refractivity contribution in [2.24, 2.45) is 5.10 Å². The van der Waals surface area contributed by atoms with Gasteiger partial charge in [0.15, 0.2) is 0 Å². The van der Waals surface area contributed by atoms with Crippen molar-refractivity contribution >= 4 is 28.5 Å². The van der Waals surface area contributed by atoms with Crippen LogP contribution in [0, 0.1) is 0 Å². The summed E-state index contributed by atoms with van der Waals surface area (Å²) in [6.45, 7) is 0.519. The molecule has 0 fully saturated rings. The summed E-state index contributed by atoms with van der Waals surface area (Å²) in [4.78, 5) is 3.27. The average molecular weight is 356 g/mol. The molecule has 0 unspecified atom stereocenters. The lowest BCUT2D eigenvalue weighted by atomic mass is 10.1. The first-order valence-electron chi connectivity index (χ1n) is 8.71. The average Bonchev–Trinajstić information content (AvgIpc) is 3.12. The van der Waals surface area contributed by atoms with Crippen molar-refractivity contribution in [3.63, 3.8) is 0 Å². The molecule has 0 aliphatic rings. The Morgan fingerprint density at radius 2 is 1.78 bits per heavy atom. The van der Waals surface area contributed by atoms with Crippen molar-refractivity contribution in [1.82, 2.24) is 4.98 Å². The van der Waals surface area contributed by atoms with Gasteiger partial charge in [0.2, 0.25) is 0 Å². The highest BCUT2D eigenvalue weighted by molar-refractivity contribution is 6.02. The monoisotopic (exact) mass is 356 g/mol. The maximum atomic E-state index is 6.07. The van der Waals surface area contributed by atoms with Crippen LogP contribution in [0.3, 0.4) is 0 Å². The molecule has 5 nitrogen and oxygen atoms in total. The number of aromatic amines is 1. The first-order chi connectivity index (χ1) is 13.3. The molecule has 0 radical (unpaired) electrons. The van der Waals surface area contributed by atoms with Crippen LogP contribution in [0.15, 0.2) is 84.1 Å². The zero-order valence-corrected chi connectivity index (χ0v) is 14.7. The van der Waals surface area contributed by atoms with E-state index < -0.39 is 0 Å². The van der Waals surface area contributed by atoms with Crippen molar-refractivity contribution in [2.45, 2.75) is 6.61 Å². The van der Waals surface area contributed by atoms with Gasteiger partial charge < -0.3 is 15.5 Å². The molecule has 0 atom stereocenters. The second-order valence-corrected chi connectivity index (χ2v) is 6.19. The number of nitrogen functional groups attached to an aromatic ring is 1. The number of aromatic nitrogens is 1. The van der Waals surface area contributed by atoms with E-state index in [1.807, 2.05) is 66.9 Å². The van der Waals surface area contributed by atoms with Crippen LogP contribution in [0.25, 0.3) is 10.9 Å². The van der Waals surface area contributed by atoms with E-state index in [0.29, 0.717) is 6.61 Å². The predicted molar refractivity (Wildman–Crippen MR) is 111 cm³/mol. The molecule has 3 aromatic carbocycles. The van der Waals surface area contributed by atoms with Crippen molar-refractivity contribution in [1.29, 1.82) is 0 Å². The molecule has 0 saturated heterocycles. The third-order valence-corrected chi connectivity index (χ3v) is 4.24. The van der Waals surface area contributed by atoms with E-state index in [1.165, 1.54) is 0 Å². The number of hydrogen-bond acceptors (Lipinski definition) is 4. The summed E-state index contributed by atoms with van der Waals surface area (Å²) < 4.78 is 6.07. The zero-order chi connectivity index (χ0) is 18.5. The highest BCUT2D eigenvalue weighted by Gasteiger charge is 2.08. The summed E-state index contributed by atoms with van der Waals surface area (Å²) in [7, 11) is 0. The van der Waals surface area contributed by atoms with Crippen LogP contribution in [0.4, 0.5) is 11.4 Å². The summed E-state index contributed by atoms with van der Waals surface area (Å²) in [6, 6.07) is 23.5. The largest absolute Gasteiger partial charge is 0.488 e. The molecule has 0 aliphatic carbocycles. The molecule has 0 saturated carbocycles. The second kappa shape index (κ2) is 7.66. The molecule has 0 spiro atoms. The van der Waals surface area contributed by atoms with Crippen molar-refractivity contribution in [3.05, 3.63) is 90.1 Å². The first-order valence-corrected chi connectivity index (χ1v) is 8.71. The van der Waals surface area contributed by atoms with E-state index in [0.717, 1.165) is 39.2 Å². The van der Waals surface area contributed by atoms with Gasteiger partial charge in [-0.1, -0.05) is 36.4 Å². The van der Waals surface area contributed by atoms with Crippen LogP contribution in [0.2, 0.25) is 0 Å². The molecule has 4 rings (SSSR count). The number of ether oxygens (including phenoxy) is 1. The van der Waals surface area contributed by atoms with Crippen LogP contribution >= 0.6 is 0 Å². The van der Waals surface area contributed by atoms with Crippen LogP contribution in [-0.2, 0) is 6.61 Å². The Balaban J connectivity index is 1.54. The standard InChI is InChI=1S/C22H20N4O/c23-18-9-11-19(12-10-18)26-25-14-17-13-24-20-7-4-8-21(22(17)20)27-15-16-5-2-1-3-6-16/h1-14,24,26H,15,23H2/b25-14+. The van der Waals surface area contributed by atoms with Gasteiger partial charge in [-0.25, -0.2) is 0 Å². The van der Waals surface area contributed by atoms with Gasteiger partial charge in [0, 0.05) is 23.0 Å². The lowest BCUT2D eigenvalue weighted by molar-refractivity contribution is 0.310. The molecular weight excluding hydrogens is 336 g/mol. The summed E-state index contributed by atoms with van der Waals surface area (Å²) in [6.07, 6.45) is 3.71. The number of nitrogens with two attached hydrogens (primary N) is 1. The fourth-order valence-electron chi connectivity index (χ4n) is 2.87. The SMILES string of the molecule is Nc1ccc(N/N=C/c2c[nH]c3cccc(OCc4ccccc4)c23)cc1. The predicted octanol–water partition coefficient (Wildman–Crippen LogP) is 4.78. The van der Waals surface area contributed by atoms with Gasteiger partial charge >= 0.3 is 0 Å². The summed E-state index contributed by atoms with van der Waals surface area (Å²) in [5.41, 5.74) is 13.4. The van der Waals surface area contributed by atoms with Crippen LogP contribution in [0.5, 0.6) is 5.75 Å². The molecule has 0 bridgehead atoms. The van der Waals surface area contributed by atoms with Crippen molar-refractivity contribution in [2.75, 3.05) is 11.2 Å². The number of rotatable bonds is 6. The smallest absolute Gasteiger partial charge is 0.129 e. The molecule has 4 aromatic rings. The number of anilines is 2. The number of nitrogens with zero attached hydrogens (tertiary/aromatic N) is 1. The number of fused-ring (bicyclic) bond motifs is 1. The first kappa shape index (κ1) is 16.7. The Morgan fingerprint density at radius 1 is 0.963 bits per heavy atom. The van der Waals surface area contributed by atoms with Crippen LogP contribution in [-0.4, -0.2) is 11.2 Å². The Hall–Kier alpha value is -3.73. The van der Waals surface area contributed by atoms with Gasteiger partial charge in [-0.15, -0.1) is 0 Å². The fourth-order valence-corrected chi connectivity index (χ4v) is 2.87. The number of benzene rings is 3. The minimum atomic E-state index is 0.519. The van der Waals surface area contributed by atoms with Gasteiger partial charge in [0.25, 0.3) is 0 Å². The number of hydrazone groups is 1. The van der Waals surface area contributed by atoms with Crippen LogP contribution in [0.1, 0.15) is 11.1 Å². The Bertz CT molecular complexity index is 1050. The number of hydrogen-bond donors (Lipinski definition) is 3. The summed E-state index contributed by atoms with van der Waals surface area (Å²) in [5, 5.41) is 5.34. The van der Waals surface area contributed by atoms with E-state index in [9.17, 15) is 0 Å². The van der Waals surface area contributed by atoms with Crippen LogP contribution < -0.4 is 15.9 Å². The minimum Gasteiger partial charge on any atom is -0.488 e. The van der Waals surface area contributed by atoms with Crippen molar-refractivity contribution in [3.8, 4) is 5.75 Å². The molecule has 0 aliphatic heterocycles. The molecule has 4 N–H and O–H groups in total. The maximum Gasteiger partial charge on any atom is 0.129 e. The molecule has 27 heavy (non-hydrogen) atoms. The molecule has 0 amide bonds. The summed E-state index contributed by atoms with van der Waals surface area (Å²) >= 11 is 0. The van der Waals surface area contributed by atoms with Gasteiger partial charge in [0.1, 0.15) is 12.4 Å². The number of H-pyrrole nitrogens is 1. The lowest BCUT2D eigenvalue weighted by Crippen LogP contribution is -1.96. The van der Waals surface area contributed by atoms with E-state index >= 15 is 0 Å². The van der Waals surface area contributed by atoms with Gasteiger partial charge in [-0.05, 0) is 42.0 Å². The van der Waals surface area contributed by atoms with E-state index in [4.69, 9.17) is 10.5 Å². The lowest BCUT2D eigenvalue weighted by Gasteiger charge is -2.08. The highest BCUT2D eigenvalue weighted by Crippen LogP contribution is 2.28. The van der Waals surface area contributed by atoms with E-state index in [1.54, 1.807) is 6.21 Å². The van der Waals surface area contributed by atoms with Gasteiger partial charge in [0.05, 0.1) is 17.3 Å². The summed E-state index contributed by atoms with van der Waals surface area (Å²) in [5.74, 6) is 0.825. The van der Waals surface area contributed by atoms with Gasteiger partial charge in [-0.3, -0.25) is 5.43 Å². The second-order valence-electron chi connectivity index (χ2n) is 6.19. The highest BCUT2D eigenvalue weighted by atomic mass is 16.5.